The number of fused-ring (bicyclic) bond motifs is 1. The van der Waals surface area contributed by atoms with Crippen molar-refractivity contribution in [3.63, 3.8) is 0 Å². The van der Waals surface area contributed by atoms with Gasteiger partial charge >= 0.3 is 0 Å². The third-order valence-corrected chi connectivity index (χ3v) is 4.13. The number of hydrogen-bond acceptors (Lipinski definition) is 3. The maximum absolute atomic E-state index is 12.4. The molecule has 0 N–H and O–H groups in total. The smallest absolute Gasteiger partial charge is 0.227 e. The van der Waals surface area contributed by atoms with E-state index in [9.17, 15) is 4.79 Å². The summed E-state index contributed by atoms with van der Waals surface area (Å²) < 4.78 is 11.1. The van der Waals surface area contributed by atoms with Crippen molar-refractivity contribution in [2.45, 2.75) is 38.6 Å². The lowest BCUT2D eigenvalue weighted by Gasteiger charge is -2.24. The second-order valence-electron chi connectivity index (χ2n) is 5.45. The van der Waals surface area contributed by atoms with Gasteiger partial charge in [-0.05, 0) is 37.0 Å². The molecule has 0 spiro atoms. The van der Waals surface area contributed by atoms with Gasteiger partial charge in [0.05, 0.1) is 6.42 Å². The molecule has 0 aromatic heterocycles. The minimum absolute atomic E-state index is 0.228. The van der Waals surface area contributed by atoms with Crippen LogP contribution in [0.25, 0.3) is 0 Å². The Bertz CT molecular complexity index is 500. The van der Waals surface area contributed by atoms with Crippen LogP contribution in [0.2, 0.25) is 0 Å². The second kappa shape index (κ2) is 5.73. The fourth-order valence-corrected chi connectivity index (χ4v) is 3.06. The third-order valence-electron chi connectivity index (χ3n) is 4.13. The first-order chi connectivity index (χ1) is 9.78. The van der Waals surface area contributed by atoms with Gasteiger partial charge in [-0.25, -0.2) is 0 Å². The SMILES string of the molecule is CCC1CCCN1C(=O)Cc1ccc2c(c1)OCCO2. The zero-order valence-electron chi connectivity index (χ0n) is 11.9. The quantitative estimate of drug-likeness (QED) is 0.850. The van der Waals surface area contributed by atoms with Gasteiger partial charge in [0.1, 0.15) is 13.2 Å². The summed E-state index contributed by atoms with van der Waals surface area (Å²) in [6.45, 7) is 4.23. The fourth-order valence-electron chi connectivity index (χ4n) is 3.06. The van der Waals surface area contributed by atoms with E-state index in [0.717, 1.165) is 42.9 Å². The number of amides is 1. The summed E-state index contributed by atoms with van der Waals surface area (Å²) in [6.07, 6.45) is 3.77. The Balaban J connectivity index is 1.69. The molecule has 1 fully saturated rings. The highest BCUT2D eigenvalue weighted by Crippen LogP contribution is 2.31. The molecule has 0 radical (unpaired) electrons. The highest BCUT2D eigenvalue weighted by Gasteiger charge is 2.27. The van der Waals surface area contributed by atoms with E-state index < -0.39 is 0 Å². The standard InChI is InChI=1S/C16H21NO3/c1-2-13-4-3-7-17(13)16(18)11-12-5-6-14-15(10-12)20-9-8-19-14/h5-6,10,13H,2-4,7-9,11H2,1H3. The molecule has 3 rings (SSSR count). The molecule has 1 aromatic carbocycles. The van der Waals surface area contributed by atoms with Crippen molar-refractivity contribution in [3.8, 4) is 11.5 Å². The van der Waals surface area contributed by atoms with Crippen molar-refractivity contribution in [1.29, 1.82) is 0 Å². The minimum Gasteiger partial charge on any atom is -0.486 e. The second-order valence-corrected chi connectivity index (χ2v) is 5.45. The molecule has 0 bridgehead atoms. The van der Waals surface area contributed by atoms with E-state index in [4.69, 9.17) is 9.47 Å². The molecule has 20 heavy (non-hydrogen) atoms. The van der Waals surface area contributed by atoms with E-state index in [-0.39, 0.29) is 5.91 Å². The summed E-state index contributed by atoms with van der Waals surface area (Å²) in [5, 5.41) is 0. The van der Waals surface area contributed by atoms with E-state index in [1.165, 1.54) is 0 Å². The van der Waals surface area contributed by atoms with Crippen molar-refractivity contribution >= 4 is 5.91 Å². The Labute approximate surface area is 119 Å². The number of ether oxygens (including phenoxy) is 2. The van der Waals surface area contributed by atoms with E-state index in [1.807, 2.05) is 23.1 Å². The predicted molar refractivity (Wildman–Crippen MR) is 76.2 cm³/mol. The molecule has 2 aliphatic rings. The molecular formula is C16H21NO3. The van der Waals surface area contributed by atoms with Gasteiger partial charge in [-0.2, -0.15) is 0 Å². The molecule has 4 heteroatoms. The number of benzene rings is 1. The van der Waals surface area contributed by atoms with Crippen LogP contribution < -0.4 is 9.47 Å². The van der Waals surface area contributed by atoms with Gasteiger partial charge < -0.3 is 14.4 Å². The average Bonchev–Trinajstić information content (AvgIpc) is 2.95. The summed E-state index contributed by atoms with van der Waals surface area (Å²) in [7, 11) is 0. The van der Waals surface area contributed by atoms with E-state index >= 15 is 0 Å². The van der Waals surface area contributed by atoms with Crippen molar-refractivity contribution in [2.24, 2.45) is 0 Å². The highest BCUT2D eigenvalue weighted by molar-refractivity contribution is 5.79. The highest BCUT2D eigenvalue weighted by atomic mass is 16.6. The lowest BCUT2D eigenvalue weighted by molar-refractivity contribution is -0.131. The molecule has 108 valence electrons. The molecular weight excluding hydrogens is 254 g/mol. The van der Waals surface area contributed by atoms with E-state index in [1.54, 1.807) is 0 Å². The molecule has 2 aliphatic heterocycles. The van der Waals surface area contributed by atoms with Crippen LogP contribution in [0.1, 0.15) is 31.7 Å². The molecule has 0 aliphatic carbocycles. The molecule has 4 nitrogen and oxygen atoms in total. The van der Waals surface area contributed by atoms with E-state index in [0.29, 0.717) is 25.7 Å². The van der Waals surface area contributed by atoms with Crippen LogP contribution in [0.3, 0.4) is 0 Å². The molecule has 1 atom stereocenters. The van der Waals surface area contributed by atoms with Crippen molar-refractivity contribution < 1.29 is 14.3 Å². The number of carbonyl (C=O) groups excluding carboxylic acids is 1. The monoisotopic (exact) mass is 275 g/mol. The fraction of sp³-hybridized carbons (Fsp3) is 0.562. The average molecular weight is 275 g/mol. The predicted octanol–water partition coefficient (Wildman–Crippen LogP) is 2.40. The van der Waals surface area contributed by atoms with Crippen LogP contribution in [0, 0.1) is 0 Å². The first-order valence-corrected chi connectivity index (χ1v) is 7.46. The summed E-state index contributed by atoms with van der Waals surface area (Å²) in [5.41, 5.74) is 1.00. The van der Waals surface area contributed by atoms with Crippen LogP contribution in [-0.4, -0.2) is 36.6 Å². The van der Waals surface area contributed by atoms with Gasteiger partial charge in [-0.1, -0.05) is 13.0 Å². The van der Waals surface area contributed by atoms with Gasteiger partial charge in [0, 0.05) is 12.6 Å². The van der Waals surface area contributed by atoms with Crippen molar-refractivity contribution in [1.82, 2.24) is 4.90 Å². The van der Waals surface area contributed by atoms with Crippen LogP contribution in [0.5, 0.6) is 11.5 Å². The molecule has 1 saturated heterocycles. The first-order valence-electron chi connectivity index (χ1n) is 7.46. The number of hydrogen-bond donors (Lipinski definition) is 0. The van der Waals surface area contributed by atoms with Gasteiger partial charge in [-0.3, -0.25) is 4.79 Å². The van der Waals surface area contributed by atoms with Gasteiger partial charge in [0.15, 0.2) is 11.5 Å². The van der Waals surface area contributed by atoms with Crippen LogP contribution >= 0.6 is 0 Å². The Morgan fingerprint density at radius 2 is 2.10 bits per heavy atom. The summed E-state index contributed by atoms with van der Waals surface area (Å²) in [5.74, 6) is 1.76. The summed E-state index contributed by atoms with van der Waals surface area (Å²) >= 11 is 0. The first kappa shape index (κ1) is 13.3. The van der Waals surface area contributed by atoms with Crippen LogP contribution in [-0.2, 0) is 11.2 Å². The Morgan fingerprint density at radius 1 is 1.30 bits per heavy atom. The van der Waals surface area contributed by atoms with Crippen LogP contribution in [0.15, 0.2) is 18.2 Å². The topological polar surface area (TPSA) is 38.8 Å². The van der Waals surface area contributed by atoms with Gasteiger partial charge in [0.2, 0.25) is 5.91 Å². The van der Waals surface area contributed by atoms with E-state index in [2.05, 4.69) is 6.92 Å². The Hall–Kier alpha value is -1.71. The summed E-state index contributed by atoms with van der Waals surface area (Å²) in [6, 6.07) is 6.23. The molecule has 1 amide bonds. The summed E-state index contributed by atoms with van der Waals surface area (Å²) in [4.78, 5) is 14.4. The minimum atomic E-state index is 0.228. The van der Waals surface area contributed by atoms with Gasteiger partial charge in [-0.15, -0.1) is 0 Å². The number of rotatable bonds is 3. The Kier molecular flexibility index (Phi) is 3.81. The van der Waals surface area contributed by atoms with Crippen LogP contribution in [0.4, 0.5) is 0 Å². The normalized spacial score (nSPS) is 21.1. The van der Waals surface area contributed by atoms with Crippen molar-refractivity contribution in [2.75, 3.05) is 19.8 Å². The largest absolute Gasteiger partial charge is 0.486 e. The Morgan fingerprint density at radius 3 is 2.90 bits per heavy atom. The maximum atomic E-state index is 12.4. The van der Waals surface area contributed by atoms with Gasteiger partial charge in [0.25, 0.3) is 0 Å². The third kappa shape index (κ3) is 2.60. The molecule has 1 unspecified atom stereocenters. The number of likely N-dealkylation sites (tertiary alicyclic amines) is 1. The zero-order valence-corrected chi connectivity index (χ0v) is 11.9. The van der Waals surface area contributed by atoms with Crippen molar-refractivity contribution in [3.05, 3.63) is 23.8 Å². The number of nitrogens with zero attached hydrogens (tertiary/aromatic N) is 1. The number of carbonyl (C=O) groups is 1. The lowest BCUT2D eigenvalue weighted by atomic mass is 10.1. The molecule has 0 saturated carbocycles. The maximum Gasteiger partial charge on any atom is 0.227 e. The lowest BCUT2D eigenvalue weighted by Crippen LogP contribution is -2.36. The zero-order chi connectivity index (χ0) is 13.9. The molecule has 1 aromatic rings. The molecule has 2 heterocycles.